The Hall–Kier alpha value is -0.870. The number of hydrogen-bond acceptors (Lipinski definition) is 3. The van der Waals surface area contributed by atoms with Crippen LogP contribution in [-0.4, -0.2) is 34.3 Å². The number of aryl methyl sites for hydroxylation is 1. The van der Waals surface area contributed by atoms with Crippen LogP contribution in [0.3, 0.4) is 0 Å². The molecule has 2 N–H and O–H groups in total. The van der Waals surface area contributed by atoms with Crippen LogP contribution < -0.4 is 5.73 Å². The van der Waals surface area contributed by atoms with E-state index in [4.69, 9.17) is 5.73 Å². The molecule has 0 spiro atoms. The summed E-state index contributed by atoms with van der Waals surface area (Å²) in [5.74, 6) is 0. The van der Waals surface area contributed by atoms with Gasteiger partial charge in [-0.05, 0) is 27.3 Å². The van der Waals surface area contributed by atoms with Gasteiger partial charge in [-0.1, -0.05) is 6.92 Å². The molecular formula is C12H24N4. The summed E-state index contributed by atoms with van der Waals surface area (Å²) in [7, 11) is 2.13. The molecule has 4 nitrogen and oxygen atoms in total. The molecule has 0 aliphatic carbocycles. The predicted octanol–water partition coefficient (Wildman–Crippen LogP) is 1.63. The molecule has 0 amide bonds. The van der Waals surface area contributed by atoms with E-state index in [1.54, 1.807) is 0 Å². The number of likely N-dealkylation sites (N-methyl/N-ethyl adjacent to an activating group) is 1. The van der Waals surface area contributed by atoms with Gasteiger partial charge < -0.3 is 5.73 Å². The van der Waals surface area contributed by atoms with Crippen LogP contribution in [0, 0.1) is 0 Å². The van der Waals surface area contributed by atoms with Crippen molar-refractivity contribution >= 4 is 0 Å². The minimum Gasteiger partial charge on any atom is -0.329 e. The van der Waals surface area contributed by atoms with E-state index in [1.165, 1.54) is 5.56 Å². The van der Waals surface area contributed by atoms with E-state index in [2.05, 4.69) is 44.0 Å². The van der Waals surface area contributed by atoms with E-state index in [9.17, 15) is 0 Å². The maximum absolute atomic E-state index is 5.87. The Balaban J connectivity index is 2.80. The topological polar surface area (TPSA) is 47.1 Å². The van der Waals surface area contributed by atoms with E-state index in [0.29, 0.717) is 12.6 Å². The fourth-order valence-electron chi connectivity index (χ4n) is 1.86. The minimum absolute atomic E-state index is 0.273. The van der Waals surface area contributed by atoms with Gasteiger partial charge in [-0.2, -0.15) is 5.10 Å². The van der Waals surface area contributed by atoms with Crippen molar-refractivity contribution in [2.75, 3.05) is 13.6 Å². The summed E-state index contributed by atoms with van der Waals surface area (Å²) in [6, 6.07) is 0.814. The fourth-order valence-corrected chi connectivity index (χ4v) is 1.86. The second-order valence-corrected chi connectivity index (χ2v) is 4.30. The van der Waals surface area contributed by atoms with Crippen molar-refractivity contribution < 1.29 is 0 Å². The van der Waals surface area contributed by atoms with Crippen molar-refractivity contribution in [1.82, 2.24) is 14.7 Å². The number of aromatic nitrogens is 2. The number of nitrogens with zero attached hydrogens (tertiary/aromatic N) is 3. The molecule has 4 heteroatoms. The lowest BCUT2D eigenvalue weighted by Crippen LogP contribution is -2.36. The highest BCUT2D eigenvalue weighted by atomic mass is 15.3. The molecular weight excluding hydrogens is 200 g/mol. The van der Waals surface area contributed by atoms with Crippen molar-refractivity contribution in [1.29, 1.82) is 0 Å². The maximum atomic E-state index is 5.87. The van der Waals surface area contributed by atoms with Crippen molar-refractivity contribution in [3.8, 4) is 0 Å². The zero-order valence-corrected chi connectivity index (χ0v) is 10.8. The SMILES string of the molecule is CCC(C)N(C)C(CN)c1cnn(CC)c1. The first-order chi connectivity index (χ1) is 7.63. The van der Waals surface area contributed by atoms with Crippen LogP contribution in [0.2, 0.25) is 0 Å². The molecule has 2 unspecified atom stereocenters. The average Bonchev–Trinajstić information content (AvgIpc) is 2.77. The van der Waals surface area contributed by atoms with Crippen LogP contribution in [0.15, 0.2) is 12.4 Å². The van der Waals surface area contributed by atoms with Gasteiger partial charge in [0, 0.05) is 30.9 Å². The standard InChI is InChI=1S/C12H24N4/c1-5-10(3)15(4)12(7-13)11-8-14-16(6-2)9-11/h8-10,12H,5-7,13H2,1-4H3. The number of hydrogen-bond donors (Lipinski definition) is 1. The second-order valence-electron chi connectivity index (χ2n) is 4.30. The van der Waals surface area contributed by atoms with Crippen LogP contribution in [0.1, 0.15) is 38.8 Å². The second kappa shape index (κ2) is 6.01. The Morgan fingerprint density at radius 2 is 2.19 bits per heavy atom. The highest BCUT2D eigenvalue weighted by Crippen LogP contribution is 2.20. The van der Waals surface area contributed by atoms with Crippen molar-refractivity contribution in [3.05, 3.63) is 18.0 Å². The van der Waals surface area contributed by atoms with Gasteiger partial charge >= 0.3 is 0 Å². The van der Waals surface area contributed by atoms with Crippen LogP contribution >= 0.6 is 0 Å². The van der Waals surface area contributed by atoms with Crippen LogP contribution in [0.5, 0.6) is 0 Å². The minimum atomic E-state index is 0.273. The Kier molecular flexibility index (Phi) is 4.96. The molecule has 0 aliphatic rings. The fraction of sp³-hybridized carbons (Fsp3) is 0.750. The molecule has 1 heterocycles. The molecule has 1 aromatic rings. The van der Waals surface area contributed by atoms with Gasteiger partial charge in [-0.25, -0.2) is 0 Å². The number of nitrogens with two attached hydrogens (primary N) is 1. The molecule has 1 rings (SSSR count). The van der Waals surface area contributed by atoms with Gasteiger partial charge in [0.05, 0.1) is 12.2 Å². The summed E-state index contributed by atoms with van der Waals surface area (Å²) in [4.78, 5) is 2.33. The Bertz CT molecular complexity index is 308. The highest BCUT2D eigenvalue weighted by molar-refractivity contribution is 5.11. The van der Waals surface area contributed by atoms with Crippen LogP contribution in [-0.2, 0) is 6.54 Å². The lowest BCUT2D eigenvalue weighted by Gasteiger charge is -2.31. The van der Waals surface area contributed by atoms with Gasteiger partial charge in [-0.3, -0.25) is 9.58 Å². The summed E-state index contributed by atoms with van der Waals surface area (Å²) in [6.45, 7) is 8.06. The molecule has 0 bridgehead atoms. The molecule has 0 saturated carbocycles. The lowest BCUT2D eigenvalue weighted by molar-refractivity contribution is 0.184. The summed E-state index contributed by atoms with van der Waals surface area (Å²) < 4.78 is 1.95. The monoisotopic (exact) mass is 224 g/mol. The quantitative estimate of drug-likeness (QED) is 0.799. The Labute approximate surface area is 98.4 Å². The third-order valence-corrected chi connectivity index (χ3v) is 3.36. The van der Waals surface area contributed by atoms with E-state index >= 15 is 0 Å². The molecule has 0 aromatic carbocycles. The zero-order chi connectivity index (χ0) is 12.1. The highest BCUT2D eigenvalue weighted by Gasteiger charge is 2.20. The first-order valence-electron chi connectivity index (χ1n) is 6.08. The molecule has 92 valence electrons. The van der Waals surface area contributed by atoms with Crippen molar-refractivity contribution in [2.24, 2.45) is 5.73 Å². The Morgan fingerprint density at radius 3 is 2.62 bits per heavy atom. The molecule has 2 atom stereocenters. The molecule has 0 aliphatic heterocycles. The summed E-state index contributed by atoms with van der Waals surface area (Å²) >= 11 is 0. The van der Waals surface area contributed by atoms with Crippen LogP contribution in [0.25, 0.3) is 0 Å². The largest absolute Gasteiger partial charge is 0.329 e. The first-order valence-corrected chi connectivity index (χ1v) is 6.08. The normalized spacial score (nSPS) is 15.4. The molecule has 0 saturated heterocycles. The Morgan fingerprint density at radius 1 is 1.50 bits per heavy atom. The van der Waals surface area contributed by atoms with Gasteiger partial charge in [0.1, 0.15) is 0 Å². The van der Waals surface area contributed by atoms with E-state index in [-0.39, 0.29) is 6.04 Å². The summed E-state index contributed by atoms with van der Waals surface area (Å²) in [5.41, 5.74) is 7.09. The van der Waals surface area contributed by atoms with Crippen LogP contribution in [0.4, 0.5) is 0 Å². The molecule has 1 aromatic heterocycles. The third-order valence-electron chi connectivity index (χ3n) is 3.36. The lowest BCUT2D eigenvalue weighted by atomic mass is 10.1. The maximum Gasteiger partial charge on any atom is 0.0538 e. The van der Waals surface area contributed by atoms with Crippen molar-refractivity contribution in [3.63, 3.8) is 0 Å². The zero-order valence-electron chi connectivity index (χ0n) is 10.8. The van der Waals surface area contributed by atoms with Gasteiger partial charge in [0.25, 0.3) is 0 Å². The summed E-state index contributed by atoms with van der Waals surface area (Å²) in [5, 5.41) is 4.31. The predicted molar refractivity (Wildman–Crippen MR) is 67.2 cm³/mol. The summed E-state index contributed by atoms with van der Waals surface area (Å²) in [6.07, 6.45) is 5.16. The average molecular weight is 224 g/mol. The third kappa shape index (κ3) is 2.83. The first kappa shape index (κ1) is 13.2. The number of rotatable bonds is 6. The van der Waals surface area contributed by atoms with E-state index < -0.39 is 0 Å². The molecule has 16 heavy (non-hydrogen) atoms. The molecule has 0 fully saturated rings. The molecule has 0 radical (unpaired) electrons. The smallest absolute Gasteiger partial charge is 0.0538 e. The van der Waals surface area contributed by atoms with Gasteiger partial charge in [-0.15, -0.1) is 0 Å². The van der Waals surface area contributed by atoms with Gasteiger partial charge in [0.2, 0.25) is 0 Å². The van der Waals surface area contributed by atoms with Crippen molar-refractivity contribution in [2.45, 2.75) is 45.8 Å². The van der Waals surface area contributed by atoms with E-state index in [1.807, 2.05) is 10.9 Å². The van der Waals surface area contributed by atoms with Gasteiger partial charge in [0.15, 0.2) is 0 Å². The van der Waals surface area contributed by atoms with E-state index in [0.717, 1.165) is 13.0 Å².